The van der Waals surface area contributed by atoms with Gasteiger partial charge in [0.2, 0.25) is 0 Å². The summed E-state index contributed by atoms with van der Waals surface area (Å²) >= 11 is 0. The van der Waals surface area contributed by atoms with Crippen LogP contribution in [-0.4, -0.2) is 43.7 Å². The van der Waals surface area contributed by atoms with Crippen LogP contribution in [0.25, 0.3) is 0 Å². The van der Waals surface area contributed by atoms with Crippen molar-refractivity contribution in [3.8, 4) is 0 Å². The van der Waals surface area contributed by atoms with Gasteiger partial charge in [0.15, 0.2) is 6.54 Å². The minimum Gasteiger partial charge on any atom is -0.461 e. The highest BCUT2D eigenvalue weighted by Crippen LogP contribution is 2.33. The van der Waals surface area contributed by atoms with Crippen LogP contribution in [0.5, 0.6) is 0 Å². The van der Waals surface area contributed by atoms with E-state index in [0.717, 1.165) is 24.0 Å². The van der Waals surface area contributed by atoms with Gasteiger partial charge in [-0.05, 0) is 39.0 Å². The summed E-state index contributed by atoms with van der Waals surface area (Å²) in [6, 6.07) is 0. The molecule has 0 aromatic carbocycles. The van der Waals surface area contributed by atoms with Crippen molar-refractivity contribution in [1.82, 2.24) is 0 Å². The van der Waals surface area contributed by atoms with Gasteiger partial charge in [0, 0.05) is 5.92 Å². The molecular weight excluding hydrogens is 250 g/mol. The van der Waals surface area contributed by atoms with E-state index in [9.17, 15) is 4.79 Å². The molecule has 1 aliphatic rings. The summed E-state index contributed by atoms with van der Waals surface area (Å²) in [5, 5.41) is 0. The normalized spacial score (nSPS) is 27.1. The minimum atomic E-state index is -0.0538. The fraction of sp³-hybridized carbons (Fsp3) is 0.824. The average molecular weight is 282 g/mol. The van der Waals surface area contributed by atoms with Crippen molar-refractivity contribution in [2.24, 2.45) is 17.8 Å². The van der Waals surface area contributed by atoms with Gasteiger partial charge in [0.05, 0.1) is 26.7 Å². The van der Waals surface area contributed by atoms with Crippen LogP contribution in [0, 0.1) is 17.8 Å². The number of esters is 1. The number of carbonyl (C=O) groups is 1. The standard InChI is InChI=1S/C17H32NO2/c1-7-18(6,8-2)11-17(19)20-12-16-14(4)9-13(3)10-15(16)5/h9,14-16H,7-8,10-12H2,1-6H3/q+1/t14-,15+,16-/m1/s1. The Labute approximate surface area is 124 Å². The van der Waals surface area contributed by atoms with Crippen LogP contribution in [-0.2, 0) is 9.53 Å². The van der Waals surface area contributed by atoms with Gasteiger partial charge in [-0.1, -0.05) is 25.5 Å². The van der Waals surface area contributed by atoms with E-state index in [1.807, 2.05) is 0 Å². The Balaban J connectivity index is 2.49. The van der Waals surface area contributed by atoms with Gasteiger partial charge in [-0.25, -0.2) is 4.79 Å². The number of rotatable bonds is 6. The molecule has 3 nitrogen and oxygen atoms in total. The van der Waals surface area contributed by atoms with Crippen LogP contribution in [0.4, 0.5) is 0 Å². The quantitative estimate of drug-likeness (QED) is 0.425. The highest BCUT2D eigenvalue weighted by atomic mass is 16.5. The molecular formula is C17H32NO2+. The van der Waals surface area contributed by atoms with E-state index in [0.29, 0.717) is 30.9 Å². The molecule has 0 spiro atoms. The molecule has 3 atom stereocenters. The molecule has 0 amide bonds. The van der Waals surface area contributed by atoms with Crippen LogP contribution in [0.2, 0.25) is 0 Å². The van der Waals surface area contributed by atoms with Gasteiger partial charge in [-0.3, -0.25) is 0 Å². The van der Waals surface area contributed by atoms with Crippen molar-refractivity contribution in [2.45, 2.75) is 41.0 Å². The molecule has 1 rings (SSSR count). The lowest BCUT2D eigenvalue weighted by atomic mass is 9.75. The van der Waals surface area contributed by atoms with Crippen molar-refractivity contribution in [3.63, 3.8) is 0 Å². The zero-order valence-corrected chi connectivity index (χ0v) is 14.1. The molecule has 0 fully saturated rings. The Kier molecular flexibility index (Phi) is 6.25. The molecule has 0 heterocycles. The van der Waals surface area contributed by atoms with Crippen LogP contribution in [0.1, 0.15) is 41.0 Å². The van der Waals surface area contributed by atoms with E-state index in [-0.39, 0.29) is 5.97 Å². The van der Waals surface area contributed by atoms with E-state index < -0.39 is 0 Å². The van der Waals surface area contributed by atoms with Crippen molar-refractivity contribution < 1.29 is 14.0 Å². The van der Waals surface area contributed by atoms with Gasteiger partial charge in [0.25, 0.3) is 0 Å². The van der Waals surface area contributed by atoms with E-state index in [4.69, 9.17) is 4.74 Å². The second-order valence-corrected chi connectivity index (χ2v) is 6.81. The lowest BCUT2D eigenvalue weighted by Gasteiger charge is -2.34. The van der Waals surface area contributed by atoms with E-state index >= 15 is 0 Å². The molecule has 0 N–H and O–H groups in total. The molecule has 0 unspecified atom stereocenters. The summed E-state index contributed by atoms with van der Waals surface area (Å²) in [4.78, 5) is 12.0. The summed E-state index contributed by atoms with van der Waals surface area (Å²) < 4.78 is 6.33. The third kappa shape index (κ3) is 4.62. The third-order valence-corrected chi connectivity index (χ3v) is 5.07. The van der Waals surface area contributed by atoms with Gasteiger partial charge in [-0.15, -0.1) is 0 Å². The highest BCUT2D eigenvalue weighted by Gasteiger charge is 2.29. The van der Waals surface area contributed by atoms with Crippen molar-refractivity contribution in [1.29, 1.82) is 0 Å². The van der Waals surface area contributed by atoms with E-state index in [2.05, 4.69) is 47.7 Å². The molecule has 0 saturated carbocycles. The Hall–Kier alpha value is -0.830. The molecule has 0 saturated heterocycles. The van der Waals surface area contributed by atoms with Crippen molar-refractivity contribution >= 4 is 5.97 Å². The molecule has 0 aliphatic heterocycles. The number of hydrogen-bond donors (Lipinski definition) is 0. The zero-order chi connectivity index (χ0) is 15.3. The average Bonchev–Trinajstić information content (AvgIpc) is 2.37. The molecule has 0 aromatic rings. The molecule has 20 heavy (non-hydrogen) atoms. The monoisotopic (exact) mass is 282 g/mol. The van der Waals surface area contributed by atoms with E-state index in [1.54, 1.807) is 0 Å². The lowest BCUT2D eigenvalue weighted by Crippen LogP contribution is -2.48. The zero-order valence-electron chi connectivity index (χ0n) is 14.1. The first-order valence-electron chi connectivity index (χ1n) is 7.97. The first-order chi connectivity index (χ1) is 9.31. The smallest absolute Gasteiger partial charge is 0.361 e. The van der Waals surface area contributed by atoms with Gasteiger partial charge in [0.1, 0.15) is 0 Å². The minimum absolute atomic E-state index is 0.0538. The van der Waals surface area contributed by atoms with Crippen LogP contribution < -0.4 is 0 Å². The van der Waals surface area contributed by atoms with Crippen LogP contribution >= 0.6 is 0 Å². The summed E-state index contributed by atoms with van der Waals surface area (Å²) in [5.74, 6) is 1.51. The number of ether oxygens (including phenoxy) is 1. The number of carbonyl (C=O) groups excluding carboxylic acids is 1. The summed E-state index contributed by atoms with van der Waals surface area (Å²) in [7, 11) is 2.11. The predicted octanol–water partition coefficient (Wildman–Crippen LogP) is 3.25. The first kappa shape index (κ1) is 17.2. The lowest BCUT2D eigenvalue weighted by molar-refractivity contribution is -0.899. The number of nitrogens with zero attached hydrogens (tertiary/aromatic N) is 1. The molecule has 3 heteroatoms. The van der Waals surface area contributed by atoms with E-state index in [1.165, 1.54) is 5.57 Å². The summed E-state index contributed by atoms with van der Waals surface area (Å²) in [5.41, 5.74) is 1.47. The van der Waals surface area contributed by atoms with Gasteiger partial charge < -0.3 is 9.22 Å². The van der Waals surface area contributed by atoms with Crippen molar-refractivity contribution in [3.05, 3.63) is 11.6 Å². The fourth-order valence-corrected chi connectivity index (χ4v) is 3.13. The molecule has 1 aliphatic carbocycles. The number of allylic oxidation sites excluding steroid dienone is 2. The second-order valence-electron chi connectivity index (χ2n) is 6.81. The Bertz CT molecular complexity index is 358. The van der Waals surface area contributed by atoms with Gasteiger partial charge >= 0.3 is 5.97 Å². The Morgan fingerprint density at radius 2 is 1.95 bits per heavy atom. The molecule has 0 aromatic heterocycles. The first-order valence-corrected chi connectivity index (χ1v) is 7.97. The predicted molar refractivity (Wildman–Crippen MR) is 83.3 cm³/mol. The fourth-order valence-electron chi connectivity index (χ4n) is 3.13. The number of hydrogen-bond acceptors (Lipinski definition) is 2. The molecule has 0 bridgehead atoms. The number of quaternary nitrogens is 1. The topological polar surface area (TPSA) is 26.3 Å². The maximum Gasteiger partial charge on any atom is 0.361 e. The van der Waals surface area contributed by atoms with Crippen molar-refractivity contribution in [2.75, 3.05) is 33.3 Å². The van der Waals surface area contributed by atoms with Crippen LogP contribution in [0.15, 0.2) is 11.6 Å². The molecule has 0 radical (unpaired) electrons. The SMILES string of the molecule is CC[N+](C)(CC)CC(=O)OC[C@@H]1[C@H](C)C=C(C)C[C@@H]1C. The Morgan fingerprint density at radius 3 is 2.45 bits per heavy atom. The largest absolute Gasteiger partial charge is 0.461 e. The van der Waals surface area contributed by atoms with Gasteiger partial charge in [-0.2, -0.15) is 0 Å². The summed E-state index contributed by atoms with van der Waals surface area (Å²) in [6.45, 7) is 13.9. The summed E-state index contributed by atoms with van der Waals surface area (Å²) in [6.07, 6.45) is 3.46. The maximum absolute atomic E-state index is 12.0. The second kappa shape index (κ2) is 7.26. The maximum atomic E-state index is 12.0. The number of likely N-dealkylation sites (N-methyl/N-ethyl adjacent to an activating group) is 1. The third-order valence-electron chi connectivity index (χ3n) is 5.07. The Morgan fingerprint density at radius 1 is 1.35 bits per heavy atom. The highest BCUT2D eigenvalue weighted by molar-refractivity contribution is 5.70. The van der Waals surface area contributed by atoms with Crippen LogP contribution in [0.3, 0.4) is 0 Å². The molecule has 116 valence electrons.